The monoisotopic (exact) mass is 222 g/mol. The first kappa shape index (κ1) is 12.1. The van der Waals surface area contributed by atoms with E-state index >= 15 is 0 Å². The smallest absolute Gasteiger partial charge is 0.259 e. The molecule has 1 aromatic rings. The fraction of sp³-hybridized carbons (Fsp3) is 0.400. The van der Waals surface area contributed by atoms with Crippen molar-refractivity contribution in [1.82, 2.24) is 10.3 Å². The zero-order valence-corrected chi connectivity index (χ0v) is 9.09. The molecule has 6 heteroatoms. The van der Waals surface area contributed by atoms with Crippen LogP contribution in [0.15, 0.2) is 29.5 Å². The van der Waals surface area contributed by atoms with Crippen LogP contribution >= 0.6 is 0 Å². The predicted molar refractivity (Wildman–Crippen MR) is 60.9 cm³/mol. The van der Waals surface area contributed by atoms with Gasteiger partial charge in [0.05, 0.1) is 6.54 Å². The van der Waals surface area contributed by atoms with Crippen molar-refractivity contribution in [3.63, 3.8) is 0 Å². The summed E-state index contributed by atoms with van der Waals surface area (Å²) in [6, 6.07) is 3.69. The molecule has 86 valence electrons. The molecule has 0 saturated carbocycles. The fourth-order valence-electron chi connectivity index (χ4n) is 1.17. The lowest BCUT2D eigenvalue weighted by atomic mass is 10.3. The van der Waals surface area contributed by atoms with Crippen LogP contribution in [0.2, 0.25) is 0 Å². The van der Waals surface area contributed by atoms with Gasteiger partial charge in [0.25, 0.3) is 6.54 Å². The molecule has 6 nitrogen and oxygen atoms in total. The van der Waals surface area contributed by atoms with E-state index in [0.717, 1.165) is 5.56 Å². The van der Waals surface area contributed by atoms with Crippen molar-refractivity contribution >= 4 is 5.84 Å². The average Bonchev–Trinajstić information content (AvgIpc) is 2.27. The Hall–Kier alpha value is -1.98. The van der Waals surface area contributed by atoms with Crippen molar-refractivity contribution in [2.75, 3.05) is 13.1 Å². The molecule has 1 rings (SSSR count). The summed E-state index contributed by atoms with van der Waals surface area (Å²) in [5, 5.41) is 13.2. The van der Waals surface area contributed by atoms with Crippen molar-refractivity contribution < 1.29 is 4.92 Å². The third kappa shape index (κ3) is 4.50. The number of nitro groups is 1. The van der Waals surface area contributed by atoms with E-state index in [4.69, 9.17) is 0 Å². The average molecular weight is 222 g/mol. The molecule has 0 atom stereocenters. The molecule has 1 heterocycles. The molecule has 0 saturated heterocycles. The molecular weight excluding hydrogens is 208 g/mol. The molecule has 0 radical (unpaired) electrons. The molecule has 0 aliphatic carbocycles. The van der Waals surface area contributed by atoms with Gasteiger partial charge in [-0.25, -0.2) is 0 Å². The van der Waals surface area contributed by atoms with E-state index in [2.05, 4.69) is 15.3 Å². The normalized spacial score (nSPS) is 11.2. The van der Waals surface area contributed by atoms with Gasteiger partial charge in [0, 0.05) is 23.9 Å². The third-order valence-corrected chi connectivity index (χ3v) is 1.83. The SMILES string of the molecule is CCNC(C[N+](=O)[O-])=NCc1cccnc1. The lowest BCUT2D eigenvalue weighted by molar-refractivity contribution is -0.463. The number of likely N-dealkylation sites (N-methyl/N-ethyl adjacent to an activating group) is 1. The maximum absolute atomic E-state index is 10.4. The number of aromatic nitrogens is 1. The van der Waals surface area contributed by atoms with Crippen molar-refractivity contribution in [3.05, 3.63) is 40.2 Å². The van der Waals surface area contributed by atoms with Gasteiger partial charge < -0.3 is 5.32 Å². The molecule has 16 heavy (non-hydrogen) atoms. The summed E-state index contributed by atoms with van der Waals surface area (Å²) in [5.74, 6) is 0.399. The Labute approximate surface area is 93.6 Å². The number of hydrogen-bond acceptors (Lipinski definition) is 4. The number of aliphatic imine (C=N–C) groups is 1. The first-order valence-corrected chi connectivity index (χ1v) is 5.00. The van der Waals surface area contributed by atoms with Gasteiger partial charge in [0.15, 0.2) is 5.84 Å². The lowest BCUT2D eigenvalue weighted by Gasteiger charge is -2.03. The Morgan fingerprint density at radius 3 is 3.06 bits per heavy atom. The molecule has 0 unspecified atom stereocenters. The number of pyridine rings is 1. The Morgan fingerprint density at radius 2 is 2.50 bits per heavy atom. The first-order chi connectivity index (χ1) is 7.72. The van der Waals surface area contributed by atoms with E-state index in [0.29, 0.717) is 18.9 Å². The van der Waals surface area contributed by atoms with E-state index in [-0.39, 0.29) is 6.54 Å². The summed E-state index contributed by atoms with van der Waals surface area (Å²) in [6.07, 6.45) is 3.37. The third-order valence-electron chi connectivity index (χ3n) is 1.83. The summed E-state index contributed by atoms with van der Waals surface area (Å²) in [5.41, 5.74) is 0.932. The molecule has 0 aliphatic rings. The van der Waals surface area contributed by atoms with Crippen LogP contribution < -0.4 is 5.32 Å². The van der Waals surface area contributed by atoms with Crippen molar-refractivity contribution in [3.8, 4) is 0 Å². The molecule has 1 aromatic heterocycles. The summed E-state index contributed by atoms with van der Waals surface area (Å²) >= 11 is 0. The van der Waals surface area contributed by atoms with E-state index < -0.39 is 4.92 Å². The van der Waals surface area contributed by atoms with E-state index in [1.165, 1.54) is 0 Å². The van der Waals surface area contributed by atoms with Gasteiger partial charge >= 0.3 is 0 Å². The van der Waals surface area contributed by atoms with Gasteiger partial charge in [-0.15, -0.1) is 0 Å². The molecule has 0 spiro atoms. The minimum atomic E-state index is -0.398. The largest absolute Gasteiger partial charge is 0.369 e. The molecule has 1 N–H and O–H groups in total. The van der Waals surface area contributed by atoms with Crippen LogP contribution in [0.25, 0.3) is 0 Å². The molecule has 0 amide bonds. The second kappa shape index (κ2) is 6.49. The van der Waals surface area contributed by atoms with Crippen molar-refractivity contribution in [1.29, 1.82) is 0 Å². The van der Waals surface area contributed by atoms with Crippen LogP contribution in [0, 0.1) is 10.1 Å². The summed E-state index contributed by atoms with van der Waals surface area (Å²) in [6.45, 7) is 2.64. The summed E-state index contributed by atoms with van der Waals surface area (Å²) in [4.78, 5) is 18.1. The molecule has 0 aromatic carbocycles. The standard InChI is InChI=1S/C10H14N4O2/c1-2-12-10(8-14(15)16)13-7-9-4-3-5-11-6-9/h3-6H,2,7-8H2,1H3,(H,12,13). The molecule has 0 bridgehead atoms. The van der Waals surface area contributed by atoms with Gasteiger partial charge in [-0.1, -0.05) is 6.07 Å². The van der Waals surface area contributed by atoms with Gasteiger partial charge in [-0.3, -0.25) is 20.1 Å². The first-order valence-electron chi connectivity index (χ1n) is 5.00. The van der Waals surface area contributed by atoms with Gasteiger partial charge in [0.1, 0.15) is 0 Å². The minimum absolute atomic E-state index is 0.270. The Bertz CT molecular complexity index is 364. The fourth-order valence-corrected chi connectivity index (χ4v) is 1.17. The van der Waals surface area contributed by atoms with Crippen LogP contribution in [-0.4, -0.2) is 28.8 Å². The number of nitrogens with zero attached hydrogens (tertiary/aromatic N) is 3. The highest BCUT2D eigenvalue weighted by Gasteiger charge is 2.05. The van der Waals surface area contributed by atoms with E-state index in [1.807, 2.05) is 19.1 Å². The highest BCUT2D eigenvalue weighted by molar-refractivity contribution is 5.83. The van der Waals surface area contributed by atoms with Gasteiger partial charge in [-0.2, -0.15) is 0 Å². The lowest BCUT2D eigenvalue weighted by Crippen LogP contribution is -2.30. The minimum Gasteiger partial charge on any atom is -0.369 e. The Morgan fingerprint density at radius 1 is 1.69 bits per heavy atom. The highest BCUT2D eigenvalue weighted by atomic mass is 16.6. The summed E-state index contributed by atoms with van der Waals surface area (Å²) in [7, 11) is 0. The van der Waals surface area contributed by atoms with E-state index in [1.54, 1.807) is 12.4 Å². The van der Waals surface area contributed by atoms with Crippen LogP contribution in [-0.2, 0) is 6.54 Å². The van der Waals surface area contributed by atoms with Crippen LogP contribution in [0.4, 0.5) is 0 Å². The Balaban J connectivity index is 2.60. The van der Waals surface area contributed by atoms with Crippen LogP contribution in [0.5, 0.6) is 0 Å². The van der Waals surface area contributed by atoms with Crippen molar-refractivity contribution in [2.24, 2.45) is 4.99 Å². The second-order valence-electron chi connectivity index (χ2n) is 3.15. The molecular formula is C10H14N4O2. The molecule has 0 aliphatic heterocycles. The number of amidine groups is 1. The number of rotatable bonds is 5. The molecule has 0 fully saturated rings. The van der Waals surface area contributed by atoms with Gasteiger partial charge in [-0.05, 0) is 18.6 Å². The zero-order valence-electron chi connectivity index (χ0n) is 9.09. The summed E-state index contributed by atoms with van der Waals surface area (Å²) < 4.78 is 0. The Kier molecular flexibility index (Phi) is 4.91. The van der Waals surface area contributed by atoms with Crippen LogP contribution in [0.3, 0.4) is 0 Å². The predicted octanol–water partition coefficient (Wildman–Crippen LogP) is 0.866. The van der Waals surface area contributed by atoms with Crippen molar-refractivity contribution in [2.45, 2.75) is 13.5 Å². The maximum atomic E-state index is 10.4. The quantitative estimate of drug-likeness (QED) is 0.347. The highest BCUT2D eigenvalue weighted by Crippen LogP contribution is 1.97. The maximum Gasteiger partial charge on any atom is 0.259 e. The topological polar surface area (TPSA) is 80.4 Å². The van der Waals surface area contributed by atoms with Gasteiger partial charge in [0.2, 0.25) is 0 Å². The second-order valence-corrected chi connectivity index (χ2v) is 3.15. The number of hydrogen-bond donors (Lipinski definition) is 1. The van der Waals surface area contributed by atoms with Crippen LogP contribution in [0.1, 0.15) is 12.5 Å². The number of nitrogens with one attached hydrogen (secondary N) is 1. The zero-order chi connectivity index (χ0) is 11.8. The van der Waals surface area contributed by atoms with E-state index in [9.17, 15) is 10.1 Å².